The Morgan fingerprint density at radius 1 is 0.914 bits per heavy atom. The van der Waals surface area contributed by atoms with Crippen LogP contribution in [0.2, 0.25) is 0 Å². The Kier molecular flexibility index (Phi) is 8.87. The number of piperidine rings is 2. The van der Waals surface area contributed by atoms with Crippen molar-refractivity contribution in [3.8, 4) is 11.1 Å². The molecule has 2 aliphatic heterocycles. The molecule has 5 N–H and O–H groups in total. The summed E-state index contributed by atoms with van der Waals surface area (Å²) in [5.41, 5.74) is 10.8. The predicted molar refractivity (Wildman–Crippen MR) is 136 cm³/mol. The van der Waals surface area contributed by atoms with Crippen LogP contribution in [0, 0.1) is 0 Å². The molecule has 2 saturated heterocycles. The van der Waals surface area contributed by atoms with E-state index in [1.807, 2.05) is 12.1 Å². The lowest BCUT2D eigenvalue weighted by Crippen LogP contribution is -2.50. The number of likely N-dealkylation sites (tertiary alicyclic amines) is 2. The van der Waals surface area contributed by atoms with Gasteiger partial charge in [0.05, 0.1) is 0 Å². The third-order valence-corrected chi connectivity index (χ3v) is 7.27. The van der Waals surface area contributed by atoms with Crippen LogP contribution in [0.25, 0.3) is 11.1 Å². The molecule has 2 aliphatic rings. The van der Waals surface area contributed by atoms with Gasteiger partial charge in [-0.15, -0.1) is 0 Å². The van der Waals surface area contributed by atoms with E-state index in [1.54, 1.807) is 12.1 Å². The molecule has 35 heavy (non-hydrogen) atoms. The predicted octanol–water partition coefficient (Wildman–Crippen LogP) is 2.37. The molecular weight excluding hydrogens is 442 g/mol. The maximum absolute atomic E-state index is 12.4. The first-order chi connectivity index (χ1) is 17.1. The fraction of sp³-hybridized carbons (Fsp3) is 0.481. The number of hydrogen-bond acceptors (Lipinski definition) is 6. The lowest BCUT2D eigenvalue weighted by atomic mass is 9.99. The Labute approximate surface area is 207 Å². The number of nitrogens with one attached hydrogen (secondary N) is 2. The Bertz CT molecular complexity index is 965. The summed E-state index contributed by atoms with van der Waals surface area (Å²) in [6, 6.07) is 15.6. The number of hydrogen-bond donors (Lipinski definition) is 4. The smallest absolute Gasteiger partial charge is 0.267 e. The number of carbonyl (C=O) groups is 2. The SMILES string of the molecule is NC[C@H](NC(=O)c1ccc(-c2ccc(CN3CCC(N4CCCCC4)CC3)cc2)cc1)C(=O)NO. The van der Waals surface area contributed by atoms with Crippen LogP contribution in [-0.4, -0.2) is 71.6 Å². The monoisotopic (exact) mass is 479 g/mol. The molecule has 1 atom stereocenters. The van der Waals surface area contributed by atoms with Crippen molar-refractivity contribution in [3.05, 3.63) is 59.7 Å². The minimum atomic E-state index is -0.990. The lowest BCUT2D eigenvalue weighted by Gasteiger charge is -2.40. The van der Waals surface area contributed by atoms with Crippen molar-refractivity contribution in [3.63, 3.8) is 0 Å². The highest BCUT2D eigenvalue weighted by Crippen LogP contribution is 2.24. The molecule has 8 heteroatoms. The van der Waals surface area contributed by atoms with Gasteiger partial charge in [-0.1, -0.05) is 42.8 Å². The average Bonchev–Trinajstić information content (AvgIpc) is 2.92. The summed E-state index contributed by atoms with van der Waals surface area (Å²) in [6.45, 7) is 5.77. The van der Waals surface area contributed by atoms with E-state index in [0.717, 1.165) is 36.8 Å². The van der Waals surface area contributed by atoms with Gasteiger partial charge >= 0.3 is 0 Å². The maximum Gasteiger partial charge on any atom is 0.267 e. The quantitative estimate of drug-likeness (QED) is 0.342. The fourth-order valence-electron chi connectivity index (χ4n) is 5.15. The van der Waals surface area contributed by atoms with Gasteiger partial charge in [0.1, 0.15) is 6.04 Å². The molecule has 0 unspecified atom stereocenters. The van der Waals surface area contributed by atoms with Crippen LogP contribution in [0.5, 0.6) is 0 Å². The topological polar surface area (TPSA) is 111 Å². The Morgan fingerprint density at radius 3 is 2.09 bits per heavy atom. The van der Waals surface area contributed by atoms with Gasteiger partial charge in [0.25, 0.3) is 11.8 Å². The van der Waals surface area contributed by atoms with Crippen LogP contribution in [0.4, 0.5) is 0 Å². The molecule has 0 bridgehead atoms. The van der Waals surface area contributed by atoms with Crippen molar-refractivity contribution in [2.24, 2.45) is 5.73 Å². The fourth-order valence-corrected chi connectivity index (χ4v) is 5.15. The van der Waals surface area contributed by atoms with E-state index in [2.05, 4.69) is 39.4 Å². The van der Waals surface area contributed by atoms with Crippen molar-refractivity contribution in [2.45, 2.75) is 50.7 Å². The molecule has 2 aromatic rings. The van der Waals surface area contributed by atoms with Crippen LogP contribution in [0.15, 0.2) is 48.5 Å². The summed E-state index contributed by atoms with van der Waals surface area (Å²) in [6.07, 6.45) is 6.66. The van der Waals surface area contributed by atoms with Crippen molar-refractivity contribution in [1.82, 2.24) is 20.6 Å². The number of nitrogens with zero attached hydrogens (tertiary/aromatic N) is 2. The van der Waals surface area contributed by atoms with Gasteiger partial charge in [0, 0.05) is 24.7 Å². The molecule has 8 nitrogen and oxygen atoms in total. The zero-order chi connectivity index (χ0) is 24.6. The van der Waals surface area contributed by atoms with E-state index >= 15 is 0 Å². The van der Waals surface area contributed by atoms with E-state index < -0.39 is 17.9 Å². The maximum atomic E-state index is 12.4. The third kappa shape index (κ3) is 6.67. The summed E-state index contributed by atoms with van der Waals surface area (Å²) < 4.78 is 0. The largest absolute Gasteiger partial charge is 0.339 e. The van der Waals surface area contributed by atoms with Crippen LogP contribution in [-0.2, 0) is 11.3 Å². The normalized spacial score (nSPS) is 18.7. The Hall–Kier alpha value is -2.78. The van der Waals surface area contributed by atoms with Gasteiger partial charge in [0.15, 0.2) is 0 Å². The third-order valence-electron chi connectivity index (χ3n) is 7.27. The molecule has 0 radical (unpaired) electrons. The highest BCUT2D eigenvalue weighted by atomic mass is 16.5. The molecule has 2 heterocycles. The van der Waals surface area contributed by atoms with Gasteiger partial charge in [0.2, 0.25) is 0 Å². The zero-order valence-corrected chi connectivity index (χ0v) is 20.3. The number of rotatable bonds is 8. The second-order valence-electron chi connectivity index (χ2n) is 9.62. The summed E-state index contributed by atoms with van der Waals surface area (Å²) in [5.74, 6) is -1.17. The van der Waals surface area contributed by atoms with E-state index in [0.29, 0.717) is 5.56 Å². The Morgan fingerprint density at radius 2 is 1.51 bits per heavy atom. The van der Waals surface area contributed by atoms with E-state index in [9.17, 15) is 9.59 Å². The standard InChI is InChI=1S/C27H37N5O3/c28-18-25(27(34)30-35)29-26(33)23-10-8-22(9-11-23)21-6-4-20(5-7-21)19-31-16-12-24(13-17-31)32-14-2-1-3-15-32/h4-11,24-25,35H,1-3,12-19,28H2,(H,29,33)(H,30,34)/t25-/m0/s1. The van der Waals surface area contributed by atoms with Crippen LogP contribution < -0.4 is 16.5 Å². The van der Waals surface area contributed by atoms with Crippen molar-refractivity contribution in [2.75, 3.05) is 32.7 Å². The zero-order valence-electron chi connectivity index (χ0n) is 20.3. The van der Waals surface area contributed by atoms with Crippen LogP contribution >= 0.6 is 0 Å². The first-order valence-electron chi connectivity index (χ1n) is 12.7. The molecule has 4 rings (SSSR count). The lowest BCUT2D eigenvalue weighted by molar-refractivity contribution is -0.130. The highest BCUT2D eigenvalue weighted by molar-refractivity contribution is 5.97. The van der Waals surface area contributed by atoms with Gasteiger partial charge in [-0.3, -0.25) is 19.7 Å². The number of hydroxylamine groups is 1. The number of nitrogens with two attached hydrogens (primary N) is 1. The van der Waals surface area contributed by atoms with Crippen LogP contribution in [0.3, 0.4) is 0 Å². The van der Waals surface area contributed by atoms with Crippen molar-refractivity contribution < 1.29 is 14.8 Å². The molecule has 188 valence electrons. The molecular formula is C27H37N5O3. The number of amides is 2. The molecule has 0 aliphatic carbocycles. The second-order valence-corrected chi connectivity index (χ2v) is 9.62. The van der Waals surface area contributed by atoms with E-state index in [4.69, 9.17) is 10.9 Å². The minimum Gasteiger partial charge on any atom is -0.339 e. The first kappa shape index (κ1) is 25.3. The van der Waals surface area contributed by atoms with Gasteiger partial charge < -0.3 is 16.0 Å². The molecule has 0 spiro atoms. The Balaban J connectivity index is 1.28. The van der Waals surface area contributed by atoms with Crippen molar-refractivity contribution >= 4 is 11.8 Å². The summed E-state index contributed by atoms with van der Waals surface area (Å²) in [7, 11) is 0. The molecule has 0 aromatic heterocycles. The van der Waals surface area contributed by atoms with Gasteiger partial charge in [-0.05, 0) is 80.7 Å². The summed E-state index contributed by atoms with van der Waals surface area (Å²) in [4.78, 5) is 29.2. The summed E-state index contributed by atoms with van der Waals surface area (Å²) >= 11 is 0. The van der Waals surface area contributed by atoms with Gasteiger partial charge in [-0.25, -0.2) is 5.48 Å². The molecule has 2 amide bonds. The molecule has 2 aromatic carbocycles. The average molecular weight is 480 g/mol. The van der Waals surface area contributed by atoms with E-state index in [-0.39, 0.29) is 6.54 Å². The summed E-state index contributed by atoms with van der Waals surface area (Å²) in [5, 5.41) is 11.3. The van der Waals surface area contributed by atoms with E-state index in [1.165, 1.54) is 56.2 Å². The highest BCUT2D eigenvalue weighted by Gasteiger charge is 2.25. The first-order valence-corrected chi connectivity index (χ1v) is 12.7. The van der Waals surface area contributed by atoms with Gasteiger partial charge in [-0.2, -0.15) is 0 Å². The van der Waals surface area contributed by atoms with Crippen molar-refractivity contribution in [1.29, 1.82) is 0 Å². The number of carbonyl (C=O) groups excluding carboxylic acids is 2. The second kappa shape index (κ2) is 12.3. The molecule has 0 saturated carbocycles. The minimum absolute atomic E-state index is 0.112. The van der Waals surface area contributed by atoms with Crippen LogP contribution in [0.1, 0.15) is 48.0 Å². The number of benzene rings is 2. The molecule has 2 fully saturated rings.